The molecule has 3 N–H and O–H groups in total. The quantitative estimate of drug-likeness (QED) is 0.879. The number of piperidine rings is 1. The van der Waals surface area contributed by atoms with Crippen LogP contribution >= 0.6 is 0 Å². The molecule has 4 nitrogen and oxygen atoms in total. The summed E-state index contributed by atoms with van der Waals surface area (Å²) in [6.45, 7) is 3.32. The van der Waals surface area contributed by atoms with Crippen molar-refractivity contribution in [3.63, 3.8) is 0 Å². The molecule has 0 aromatic heterocycles. The molecule has 0 bridgehead atoms. The standard InChI is InChI=1S/C16H24N2O2/c1-2-14(17)16(20)18-10-8-13(9-11-18)15(19)12-6-4-3-5-7-12/h3-7,13-15,19H,2,8-11,17H2,1H3. The van der Waals surface area contributed by atoms with Gasteiger partial charge in [0.25, 0.3) is 0 Å². The average Bonchev–Trinajstić information content (AvgIpc) is 2.53. The summed E-state index contributed by atoms with van der Waals surface area (Å²) in [5.74, 6) is 0.263. The normalized spacial score (nSPS) is 19.6. The van der Waals surface area contributed by atoms with Crippen molar-refractivity contribution in [2.24, 2.45) is 11.7 Å². The lowest BCUT2D eigenvalue weighted by Crippen LogP contribution is -2.47. The van der Waals surface area contributed by atoms with Crippen molar-refractivity contribution < 1.29 is 9.90 Å². The number of aliphatic hydroxyl groups excluding tert-OH is 1. The summed E-state index contributed by atoms with van der Waals surface area (Å²) in [6, 6.07) is 9.36. The number of hydrogen-bond acceptors (Lipinski definition) is 3. The molecule has 1 saturated heterocycles. The minimum Gasteiger partial charge on any atom is -0.388 e. The fourth-order valence-electron chi connectivity index (χ4n) is 2.77. The first-order chi connectivity index (χ1) is 9.63. The number of likely N-dealkylation sites (tertiary alicyclic amines) is 1. The van der Waals surface area contributed by atoms with E-state index in [-0.39, 0.29) is 17.9 Å². The number of benzene rings is 1. The largest absolute Gasteiger partial charge is 0.388 e. The molecular formula is C16H24N2O2. The minimum absolute atomic E-state index is 0.0418. The molecule has 20 heavy (non-hydrogen) atoms. The van der Waals surface area contributed by atoms with Gasteiger partial charge in [-0.15, -0.1) is 0 Å². The topological polar surface area (TPSA) is 66.6 Å². The Morgan fingerprint density at radius 2 is 1.95 bits per heavy atom. The van der Waals surface area contributed by atoms with E-state index in [0.29, 0.717) is 19.5 Å². The van der Waals surface area contributed by atoms with E-state index in [9.17, 15) is 9.90 Å². The van der Waals surface area contributed by atoms with Gasteiger partial charge in [-0.2, -0.15) is 0 Å². The van der Waals surface area contributed by atoms with Crippen molar-refractivity contribution in [2.45, 2.75) is 38.3 Å². The van der Waals surface area contributed by atoms with Crippen molar-refractivity contribution in [1.82, 2.24) is 4.90 Å². The van der Waals surface area contributed by atoms with Crippen LogP contribution in [0.25, 0.3) is 0 Å². The molecule has 2 unspecified atom stereocenters. The molecule has 1 amide bonds. The van der Waals surface area contributed by atoms with Crippen LogP contribution in [-0.4, -0.2) is 35.0 Å². The first-order valence-electron chi connectivity index (χ1n) is 7.40. The van der Waals surface area contributed by atoms with Gasteiger partial charge in [-0.3, -0.25) is 4.79 Å². The highest BCUT2D eigenvalue weighted by molar-refractivity contribution is 5.81. The summed E-state index contributed by atoms with van der Waals surface area (Å²) in [6.07, 6.45) is 1.90. The molecule has 0 spiro atoms. The lowest BCUT2D eigenvalue weighted by Gasteiger charge is -2.35. The second-order valence-electron chi connectivity index (χ2n) is 5.53. The Morgan fingerprint density at radius 3 is 2.50 bits per heavy atom. The lowest BCUT2D eigenvalue weighted by molar-refractivity contribution is -0.134. The van der Waals surface area contributed by atoms with Gasteiger partial charge in [0.15, 0.2) is 0 Å². The van der Waals surface area contributed by atoms with Crippen LogP contribution < -0.4 is 5.73 Å². The molecule has 0 saturated carbocycles. The third-order valence-electron chi connectivity index (χ3n) is 4.20. The van der Waals surface area contributed by atoms with Crippen LogP contribution in [0.15, 0.2) is 30.3 Å². The van der Waals surface area contributed by atoms with E-state index in [2.05, 4.69) is 0 Å². The van der Waals surface area contributed by atoms with Gasteiger partial charge in [-0.1, -0.05) is 37.3 Å². The molecule has 2 rings (SSSR count). The first-order valence-corrected chi connectivity index (χ1v) is 7.40. The number of carbonyl (C=O) groups is 1. The lowest BCUT2D eigenvalue weighted by atomic mass is 9.87. The second kappa shape index (κ2) is 6.86. The van der Waals surface area contributed by atoms with Gasteiger partial charge >= 0.3 is 0 Å². The summed E-state index contributed by atoms with van der Waals surface area (Å²) in [5, 5.41) is 10.4. The van der Waals surface area contributed by atoms with E-state index >= 15 is 0 Å². The Labute approximate surface area is 120 Å². The monoisotopic (exact) mass is 276 g/mol. The summed E-state index contributed by atoms with van der Waals surface area (Å²) in [4.78, 5) is 13.8. The van der Waals surface area contributed by atoms with Gasteiger partial charge in [-0.05, 0) is 30.7 Å². The molecule has 1 fully saturated rings. The molecule has 0 radical (unpaired) electrons. The van der Waals surface area contributed by atoms with E-state index in [0.717, 1.165) is 18.4 Å². The Kier molecular flexibility index (Phi) is 5.15. The molecule has 1 aliphatic rings. The minimum atomic E-state index is -0.437. The van der Waals surface area contributed by atoms with Crippen LogP contribution in [0, 0.1) is 5.92 Å². The summed E-state index contributed by atoms with van der Waals surface area (Å²) in [7, 11) is 0. The Balaban J connectivity index is 1.90. The molecule has 2 atom stereocenters. The van der Waals surface area contributed by atoms with Crippen molar-refractivity contribution in [1.29, 1.82) is 0 Å². The number of aliphatic hydroxyl groups is 1. The van der Waals surface area contributed by atoms with Gasteiger partial charge in [0.1, 0.15) is 0 Å². The molecular weight excluding hydrogens is 252 g/mol. The van der Waals surface area contributed by atoms with E-state index in [1.54, 1.807) is 0 Å². The van der Waals surface area contributed by atoms with Crippen molar-refractivity contribution >= 4 is 5.91 Å². The number of nitrogens with two attached hydrogens (primary N) is 1. The van der Waals surface area contributed by atoms with Crippen LogP contribution in [0.2, 0.25) is 0 Å². The third kappa shape index (κ3) is 3.38. The number of rotatable bonds is 4. The molecule has 0 aliphatic carbocycles. The predicted octanol–water partition coefficient (Wildman–Crippen LogP) is 1.70. The SMILES string of the molecule is CCC(N)C(=O)N1CCC(C(O)c2ccccc2)CC1. The zero-order chi connectivity index (χ0) is 14.5. The van der Waals surface area contributed by atoms with Crippen molar-refractivity contribution in [2.75, 3.05) is 13.1 Å². The van der Waals surface area contributed by atoms with Crippen molar-refractivity contribution in [3.05, 3.63) is 35.9 Å². The van der Waals surface area contributed by atoms with Crippen molar-refractivity contribution in [3.8, 4) is 0 Å². The highest BCUT2D eigenvalue weighted by atomic mass is 16.3. The van der Waals surface area contributed by atoms with E-state index < -0.39 is 6.10 Å². The van der Waals surface area contributed by atoms with Crippen LogP contribution in [0.1, 0.15) is 37.9 Å². The fraction of sp³-hybridized carbons (Fsp3) is 0.562. The summed E-state index contributed by atoms with van der Waals surface area (Å²) in [5.41, 5.74) is 6.75. The Bertz CT molecular complexity index is 427. The summed E-state index contributed by atoms with van der Waals surface area (Å²) >= 11 is 0. The van der Waals surface area contributed by atoms with Gasteiger partial charge in [0, 0.05) is 13.1 Å². The number of carbonyl (C=O) groups excluding carboxylic acids is 1. The highest BCUT2D eigenvalue weighted by Gasteiger charge is 2.29. The smallest absolute Gasteiger partial charge is 0.239 e. The first kappa shape index (κ1) is 15.0. The zero-order valence-corrected chi connectivity index (χ0v) is 12.0. The van der Waals surface area contributed by atoms with Crippen LogP contribution in [0.4, 0.5) is 0 Å². The van der Waals surface area contributed by atoms with Gasteiger partial charge in [-0.25, -0.2) is 0 Å². The Hall–Kier alpha value is -1.39. The van der Waals surface area contributed by atoms with Gasteiger partial charge < -0.3 is 15.7 Å². The second-order valence-corrected chi connectivity index (χ2v) is 5.53. The van der Waals surface area contributed by atoms with E-state index in [4.69, 9.17) is 5.73 Å². The maximum absolute atomic E-state index is 12.0. The van der Waals surface area contributed by atoms with E-state index in [1.165, 1.54) is 0 Å². The maximum Gasteiger partial charge on any atom is 0.239 e. The van der Waals surface area contributed by atoms with Gasteiger partial charge in [0.2, 0.25) is 5.91 Å². The fourth-order valence-corrected chi connectivity index (χ4v) is 2.77. The predicted molar refractivity (Wildman–Crippen MR) is 79.0 cm³/mol. The molecule has 1 aromatic rings. The molecule has 1 aromatic carbocycles. The van der Waals surface area contributed by atoms with Crippen LogP contribution in [0.5, 0.6) is 0 Å². The van der Waals surface area contributed by atoms with E-state index in [1.807, 2.05) is 42.2 Å². The molecule has 110 valence electrons. The average molecular weight is 276 g/mol. The van der Waals surface area contributed by atoms with Crippen LogP contribution in [-0.2, 0) is 4.79 Å². The molecule has 1 heterocycles. The molecule has 4 heteroatoms. The van der Waals surface area contributed by atoms with Crippen LogP contribution in [0.3, 0.4) is 0 Å². The third-order valence-corrected chi connectivity index (χ3v) is 4.20. The maximum atomic E-state index is 12.0. The van der Waals surface area contributed by atoms with Gasteiger partial charge in [0.05, 0.1) is 12.1 Å². The highest BCUT2D eigenvalue weighted by Crippen LogP contribution is 2.30. The summed E-state index contributed by atoms with van der Waals surface area (Å²) < 4.78 is 0. The molecule has 1 aliphatic heterocycles. The number of amides is 1. The zero-order valence-electron chi connectivity index (χ0n) is 12.0. The Morgan fingerprint density at radius 1 is 1.35 bits per heavy atom. The number of hydrogen-bond donors (Lipinski definition) is 2. The number of nitrogens with zero attached hydrogens (tertiary/aromatic N) is 1.